The number of aromatic amines is 1. The number of fused-ring (bicyclic) bond motifs is 1. The predicted octanol–water partition coefficient (Wildman–Crippen LogP) is 6.39. The molecule has 168 valence electrons. The van der Waals surface area contributed by atoms with Gasteiger partial charge in [0, 0.05) is 21.3 Å². The van der Waals surface area contributed by atoms with Crippen LogP contribution in [0.15, 0.2) is 54.6 Å². The Kier molecular flexibility index (Phi) is 7.05. The van der Waals surface area contributed by atoms with Crippen LogP contribution in [0, 0.1) is 6.92 Å². The van der Waals surface area contributed by atoms with Crippen LogP contribution >= 0.6 is 47.0 Å². The number of carbonyl (C=O) groups excluding carboxylic acids is 1. The number of thiocarbonyl (C=S) groups is 1. The Morgan fingerprint density at radius 3 is 2.70 bits per heavy atom. The van der Waals surface area contributed by atoms with E-state index in [1.807, 2.05) is 43.3 Å². The first-order valence-corrected chi connectivity index (χ1v) is 11.3. The minimum atomic E-state index is -0.431. The number of halogens is 3. The lowest BCUT2D eigenvalue weighted by Gasteiger charge is -2.11. The Labute approximate surface area is 210 Å². The molecule has 4 rings (SSSR count). The number of anilines is 1. The summed E-state index contributed by atoms with van der Waals surface area (Å²) in [6.07, 6.45) is 0. The Morgan fingerprint density at radius 1 is 1.09 bits per heavy atom. The lowest BCUT2D eigenvalue weighted by atomic mass is 10.2. The maximum absolute atomic E-state index is 12.2. The van der Waals surface area contributed by atoms with E-state index >= 15 is 0 Å². The van der Waals surface area contributed by atoms with Crippen LogP contribution in [0.3, 0.4) is 0 Å². The summed E-state index contributed by atoms with van der Waals surface area (Å²) in [5, 5.41) is 7.16. The molecule has 10 heteroatoms. The van der Waals surface area contributed by atoms with Crippen molar-refractivity contribution in [2.75, 3.05) is 11.9 Å². The first-order valence-electron chi connectivity index (χ1n) is 9.73. The number of amides is 1. The van der Waals surface area contributed by atoms with Gasteiger partial charge in [-0.25, -0.2) is 4.98 Å². The van der Waals surface area contributed by atoms with Crippen LogP contribution in [-0.2, 0) is 4.79 Å². The average molecular weight is 520 g/mol. The summed E-state index contributed by atoms with van der Waals surface area (Å²) in [6, 6.07) is 16.0. The average Bonchev–Trinajstić information content (AvgIpc) is 3.16. The van der Waals surface area contributed by atoms with Crippen LogP contribution in [0.5, 0.6) is 5.75 Å². The summed E-state index contributed by atoms with van der Waals surface area (Å²) in [5.74, 6) is 0.614. The van der Waals surface area contributed by atoms with Crippen molar-refractivity contribution < 1.29 is 9.53 Å². The number of aromatic nitrogens is 2. The molecule has 6 nitrogen and oxygen atoms in total. The molecule has 0 unspecified atom stereocenters. The van der Waals surface area contributed by atoms with Gasteiger partial charge in [0.15, 0.2) is 11.7 Å². The summed E-state index contributed by atoms with van der Waals surface area (Å²) in [7, 11) is 0. The normalized spacial score (nSPS) is 10.8. The standard InChI is InChI=1S/C23H17Cl3N4O2S/c1-12-7-18-19(10-16(12)25)29-22(28-18)13-3-2-4-15(8-13)27-23(33)30-21(31)11-32-20-6-5-14(24)9-17(20)26/h2-10H,11H2,1H3,(H,28,29)(H2,27,30,31,33). The minimum absolute atomic E-state index is 0.134. The van der Waals surface area contributed by atoms with Crippen molar-refractivity contribution in [3.8, 4) is 17.1 Å². The molecule has 0 radical (unpaired) electrons. The summed E-state index contributed by atoms with van der Waals surface area (Å²) in [5.41, 5.74) is 4.18. The van der Waals surface area contributed by atoms with E-state index in [1.54, 1.807) is 12.1 Å². The lowest BCUT2D eigenvalue weighted by Crippen LogP contribution is -2.37. The number of nitrogens with zero attached hydrogens (tertiary/aromatic N) is 1. The van der Waals surface area contributed by atoms with Crippen molar-refractivity contribution in [2.45, 2.75) is 6.92 Å². The number of nitrogens with one attached hydrogen (secondary N) is 3. The van der Waals surface area contributed by atoms with Gasteiger partial charge in [-0.15, -0.1) is 0 Å². The van der Waals surface area contributed by atoms with Gasteiger partial charge in [0.1, 0.15) is 11.6 Å². The van der Waals surface area contributed by atoms with Gasteiger partial charge >= 0.3 is 0 Å². The number of carbonyl (C=O) groups is 1. The highest BCUT2D eigenvalue weighted by Gasteiger charge is 2.11. The Morgan fingerprint density at radius 2 is 1.91 bits per heavy atom. The molecular formula is C23H17Cl3N4O2S. The second-order valence-electron chi connectivity index (χ2n) is 7.15. The number of H-pyrrole nitrogens is 1. The third-order valence-corrected chi connectivity index (χ3v) is 5.80. The fourth-order valence-corrected chi connectivity index (χ4v) is 3.93. The molecule has 1 aromatic heterocycles. The third-order valence-electron chi connectivity index (χ3n) is 4.66. The van der Waals surface area contributed by atoms with Crippen LogP contribution in [0.2, 0.25) is 15.1 Å². The Hall–Kier alpha value is -2.84. The third kappa shape index (κ3) is 5.75. The monoisotopic (exact) mass is 518 g/mol. The van der Waals surface area contributed by atoms with E-state index in [-0.39, 0.29) is 11.7 Å². The predicted molar refractivity (Wildman–Crippen MR) is 138 cm³/mol. The van der Waals surface area contributed by atoms with Gasteiger partial charge in [-0.1, -0.05) is 46.9 Å². The number of hydrogen-bond donors (Lipinski definition) is 3. The van der Waals surface area contributed by atoms with Gasteiger partial charge in [0.05, 0.1) is 16.1 Å². The highest BCUT2D eigenvalue weighted by atomic mass is 35.5. The Bertz CT molecular complexity index is 1330. The van der Waals surface area contributed by atoms with Crippen molar-refractivity contribution in [1.29, 1.82) is 0 Å². The zero-order chi connectivity index (χ0) is 23.5. The molecule has 0 saturated carbocycles. The van der Waals surface area contributed by atoms with Crippen LogP contribution in [0.25, 0.3) is 22.4 Å². The molecule has 4 aromatic rings. The number of rotatable bonds is 5. The second-order valence-corrected chi connectivity index (χ2v) is 8.81. The molecule has 3 N–H and O–H groups in total. The van der Waals surface area contributed by atoms with Crippen molar-refractivity contribution in [3.05, 3.63) is 75.2 Å². The summed E-state index contributed by atoms with van der Waals surface area (Å²) < 4.78 is 5.42. The minimum Gasteiger partial charge on any atom is -0.482 e. The fourth-order valence-electron chi connectivity index (χ4n) is 3.08. The Balaban J connectivity index is 1.38. The first kappa shape index (κ1) is 23.3. The van der Waals surface area contributed by atoms with Gasteiger partial charge in [0.25, 0.3) is 5.91 Å². The molecule has 0 aliphatic rings. The van der Waals surface area contributed by atoms with E-state index in [0.29, 0.717) is 32.3 Å². The molecule has 0 aliphatic carbocycles. The number of hydrogen-bond acceptors (Lipinski definition) is 4. The van der Waals surface area contributed by atoms with Crippen LogP contribution in [0.4, 0.5) is 5.69 Å². The van der Waals surface area contributed by atoms with Gasteiger partial charge < -0.3 is 15.0 Å². The van der Waals surface area contributed by atoms with E-state index < -0.39 is 5.91 Å². The number of ether oxygens (including phenoxy) is 1. The highest BCUT2D eigenvalue weighted by molar-refractivity contribution is 7.80. The molecule has 0 aliphatic heterocycles. The molecule has 1 heterocycles. The summed E-state index contributed by atoms with van der Waals surface area (Å²) in [6.45, 7) is 1.68. The van der Waals surface area contributed by atoms with E-state index in [2.05, 4.69) is 20.6 Å². The summed E-state index contributed by atoms with van der Waals surface area (Å²) >= 11 is 23.3. The molecule has 0 bridgehead atoms. The molecule has 0 atom stereocenters. The van der Waals surface area contributed by atoms with E-state index in [1.165, 1.54) is 6.07 Å². The fraction of sp³-hybridized carbons (Fsp3) is 0.0870. The molecule has 0 spiro atoms. The van der Waals surface area contributed by atoms with Gasteiger partial charge in [0.2, 0.25) is 0 Å². The van der Waals surface area contributed by atoms with Crippen LogP contribution in [0.1, 0.15) is 5.56 Å². The SMILES string of the molecule is Cc1cc2[nH]c(-c3cccc(NC(=S)NC(=O)COc4ccc(Cl)cc4Cl)c3)nc2cc1Cl. The molecule has 3 aromatic carbocycles. The zero-order valence-corrected chi connectivity index (χ0v) is 20.3. The lowest BCUT2D eigenvalue weighted by molar-refractivity contribution is -0.121. The number of aryl methyl sites for hydroxylation is 1. The van der Waals surface area contributed by atoms with Gasteiger partial charge in [-0.2, -0.15) is 0 Å². The van der Waals surface area contributed by atoms with Crippen molar-refractivity contribution in [2.24, 2.45) is 0 Å². The molecule has 0 saturated heterocycles. The highest BCUT2D eigenvalue weighted by Crippen LogP contribution is 2.28. The van der Waals surface area contributed by atoms with E-state index in [9.17, 15) is 4.79 Å². The molecule has 33 heavy (non-hydrogen) atoms. The molecule has 1 amide bonds. The largest absolute Gasteiger partial charge is 0.482 e. The first-order chi connectivity index (χ1) is 15.8. The van der Waals surface area contributed by atoms with Gasteiger partial charge in [-0.3, -0.25) is 10.1 Å². The number of benzene rings is 3. The zero-order valence-electron chi connectivity index (χ0n) is 17.2. The topological polar surface area (TPSA) is 79.0 Å². The van der Waals surface area contributed by atoms with Crippen molar-refractivity contribution in [1.82, 2.24) is 15.3 Å². The number of imidazole rings is 1. The van der Waals surface area contributed by atoms with Crippen molar-refractivity contribution in [3.63, 3.8) is 0 Å². The van der Waals surface area contributed by atoms with E-state index in [0.717, 1.165) is 22.2 Å². The van der Waals surface area contributed by atoms with E-state index in [4.69, 9.17) is 51.8 Å². The maximum Gasteiger partial charge on any atom is 0.264 e. The van der Waals surface area contributed by atoms with Crippen molar-refractivity contribution >= 4 is 74.8 Å². The van der Waals surface area contributed by atoms with Crippen LogP contribution in [-0.4, -0.2) is 27.6 Å². The quantitative estimate of drug-likeness (QED) is 0.266. The van der Waals surface area contributed by atoms with Crippen LogP contribution < -0.4 is 15.4 Å². The summed E-state index contributed by atoms with van der Waals surface area (Å²) in [4.78, 5) is 20.1. The van der Waals surface area contributed by atoms with Gasteiger partial charge in [-0.05, 0) is 67.2 Å². The second kappa shape index (κ2) is 9.97. The smallest absolute Gasteiger partial charge is 0.264 e. The molecular weight excluding hydrogens is 503 g/mol. The molecule has 0 fully saturated rings. The maximum atomic E-state index is 12.2.